The fourth-order valence-electron chi connectivity index (χ4n) is 4.57. The van der Waals surface area contributed by atoms with Crippen molar-refractivity contribution in [3.05, 3.63) is 85.4 Å². The predicted octanol–water partition coefficient (Wildman–Crippen LogP) is 6.17. The average molecular weight is 610 g/mol. The summed E-state index contributed by atoms with van der Waals surface area (Å²) in [6, 6.07) is 10.1. The number of rotatable bonds is 6. The number of aryl methyl sites for hydroxylation is 1. The third kappa shape index (κ3) is 4.89. The molecule has 2 aromatic carbocycles. The van der Waals surface area contributed by atoms with E-state index in [9.17, 15) is 38.4 Å². The van der Waals surface area contributed by atoms with Crippen molar-refractivity contribution in [1.29, 1.82) is 10.5 Å². The number of pyridine rings is 1. The monoisotopic (exact) mass is 609 g/mol. The molecule has 42 heavy (non-hydrogen) atoms. The number of carbonyl (C=O) groups is 1. The molecule has 14 heteroatoms. The third-order valence-electron chi connectivity index (χ3n) is 6.45. The van der Waals surface area contributed by atoms with Gasteiger partial charge in [0.1, 0.15) is 30.3 Å². The molecule has 0 aliphatic heterocycles. The van der Waals surface area contributed by atoms with Crippen molar-refractivity contribution >= 4 is 50.0 Å². The van der Waals surface area contributed by atoms with Crippen molar-refractivity contribution in [2.75, 3.05) is 6.61 Å². The number of hydrogen-bond donors (Lipinski definition) is 1. The summed E-state index contributed by atoms with van der Waals surface area (Å²) in [5, 5.41) is 29.9. The Hall–Kier alpha value is -4.98. The molecule has 3 aromatic heterocycles. The molecular formula is C28H15ClF3N5O4S. The molecule has 210 valence electrons. The number of aromatic nitrogens is 3. The first-order valence-corrected chi connectivity index (χ1v) is 13.2. The minimum absolute atomic E-state index is 0.0165. The van der Waals surface area contributed by atoms with Crippen LogP contribution in [0.25, 0.3) is 32.2 Å². The number of nitriles is 2. The summed E-state index contributed by atoms with van der Waals surface area (Å²) < 4.78 is 48.4. The van der Waals surface area contributed by atoms with E-state index in [0.717, 1.165) is 4.57 Å². The number of halogens is 4. The molecular weight excluding hydrogens is 595 g/mol. The van der Waals surface area contributed by atoms with E-state index in [1.165, 1.54) is 35.9 Å². The van der Waals surface area contributed by atoms with Crippen molar-refractivity contribution in [2.45, 2.75) is 19.6 Å². The number of aromatic carboxylic acids is 1. The summed E-state index contributed by atoms with van der Waals surface area (Å²) >= 11 is 7.46. The topological polar surface area (TPSA) is 142 Å². The smallest absolute Gasteiger partial charge is 0.417 e. The molecule has 3 heterocycles. The second kappa shape index (κ2) is 10.8. The first-order valence-electron chi connectivity index (χ1n) is 11.9. The van der Waals surface area contributed by atoms with Crippen molar-refractivity contribution in [3.8, 4) is 29.0 Å². The van der Waals surface area contributed by atoms with E-state index in [1.54, 1.807) is 30.3 Å². The quantitative estimate of drug-likeness (QED) is 0.241. The van der Waals surface area contributed by atoms with E-state index >= 15 is 0 Å². The Labute approximate surface area is 243 Å². The lowest BCUT2D eigenvalue weighted by atomic mass is 9.99. The van der Waals surface area contributed by atoms with Gasteiger partial charge in [-0.05, 0) is 37.3 Å². The fourth-order valence-corrected chi connectivity index (χ4v) is 5.77. The Morgan fingerprint density at radius 3 is 2.60 bits per heavy atom. The molecule has 5 aromatic rings. The minimum atomic E-state index is -4.93. The Kier molecular flexibility index (Phi) is 7.33. The Balaban J connectivity index is 1.53. The van der Waals surface area contributed by atoms with Gasteiger partial charge in [0.15, 0.2) is 0 Å². The van der Waals surface area contributed by atoms with Crippen LogP contribution in [0.2, 0.25) is 5.02 Å². The minimum Gasteiger partial charge on any atom is -0.491 e. The fraction of sp³-hybridized carbons (Fsp3) is 0.143. The van der Waals surface area contributed by atoms with Gasteiger partial charge in [0, 0.05) is 27.7 Å². The summed E-state index contributed by atoms with van der Waals surface area (Å²) in [5.74, 6) is -0.743. The largest absolute Gasteiger partial charge is 0.491 e. The van der Waals surface area contributed by atoms with E-state index in [0.29, 0.717) is 38.2 Å². The molecule has 0 unspecified atom stereocenters. The maximum absolute atomic E-state index is 13.6. The molecule has 0 saturated carbocycles. The van der Waals surface area contributed by atoms with Gasteiger partial charge < -0.3 is 9.84 Å². The van der Waals surface area contributed by atoms with Gasteiger partial charge in [-0.2, -0.15) is 23.7 Å². The molecule has 0 fully saturated rings. The molecule has 0 bridgehead atoms. The third-order valence-corrected chi connectivity index (χ3v) is 7.69. The molecule has 1 N–H and O–H groups in total. The molecule has 0 amide bonds. The number of ether oxygens (including phenoxy) is 1. The van der Waals surface area contributed by atoms with Crippen LogP contribution < -0.4 is 10.3 Å². The van der Waals surface area contributed by atoms with Gasteiger partial charge in [0.25, 0.3) is 5.56 Å². The van der Waals surface area contributed by atoms with Crippen LogP contribution in [-0.2, 0) is 12.7 Å². The summed E-state index contributed by atoms with van der Waals surface area (Å²) in [6.07, 6.45) is -3.46. The van der Waals surface area contributed by atoms with Crippen LogP contribution in [0.4, 0.5) is 13.2 Å². The van der Waals surface area contributed by atoms with Crippen LogP contribution in [0, 0.1) is 29.6 Å². The Bertz CT molecular complexity index is 2080. The van der Waals surface area contributed by atoms with Gasteiger partial charge in [-0.15, -0.1) is 11.3 Å². The van der Waals surface area contributed by atoms with Crippen LogP contribution in [-0.4, -0.2) is 32.2 Å². The van der Waals surface area contributed by atoms with E-state index < -0.39 is 45.3 Å². The second-order valence-corrected chi connectivity index (χ2v) is 10.2. The zero-order chi connectivity index (χ0) is 30.3. The van der Waals surface area contributed by atoms with E-state index in [4.69, 9.17) is 16.3 Å². The summed E-state index contributed by atoms with van der Waals surface area (Å²) in [4.78, 5) is 33.3. The zero-order valence-electron chi connectivity index (χ0n) is 21.3. The number of nitrogens with zero attached hydrogens (tertiary/aromatic N) is 5. The standard InChI is InChI=1S/C28H15ClF3N5O4S/c1-13-36-23-18(11-34)20(28(30,31)32)8-14(10-33)22(23)26(38)37(13)6-7-41-21-3-2-15(29)9-17(21)16-4-5-35-24-19(27(39)40)12-42-25(16)24/h2-5,8-9,12H,6-7H2,1H3,(H,39,40). The van der Waals surface area contributed by atoms with Gasteiger partial charge in [-0.3, -0.25) is 14.3 Å². The van der Waals surface area contributed by atoms with Crippen LogP contribution in [0.1, 0.15) is 32.9 Å². The molecule has 9 nitrogen and oxygen atoms in total. The van der Waals surface area contributed by atoms with Crippen LogP contribution in [0.5, 0.6) is 5.75 Å². The predicted molar refractivity (Wildman–Crippen MR) is 148 cm³/mol. The molecule has 0 spiro atoms. The molecule has 0 radical (unpaired) electrons. The van der Waals surface area contributed by atoms with Gasteiger partial charge in [-0.25, -0.2) is 9.78 Å². The SMILES string of the molecule is Cc1nc2c(C#N)c(C(F)(F)F)cc(C#N)c2c(=O)n1CCOc1ccc(Cl)cc1-c1ccnc2c(C(=O)O)csc12. The maximum atomic E-state index is 13.6. The summed E-state index contributed by atoms with van der Waals surface area (Å²) in [6.45, 7) is 1.19. The number of hydrogen-bond acceptors (Lipinski definition) is 8. The van der Waals surface area contributed by atoms with E-state index in [2.05, 4.69) is 9.97 Å². The molecule has 0 saturated heterocycles. The number of thiophene rings is 1. The summed E-state index contributed by atoms with van der Waals surface area (Å²) in [7, 11) is 0. The Morgan fingerprint density at radius 2 is 1.93 bits per heavy atom. The molecule has 0 atom stereocenters. The zero-order valence-corrected chi connectivity index (χ0v) is 22.9. The first kappa shape index (κ1) is 28.5. The molecule has 0 aliphatic carbocycles. The van der Waals surface area contributed by atoms with E-state index in [1.807, 2.05) is 0 Å². The lowest BCUT2D eigenvalue weighted by molar-refractivity contribution is -0.137. The van der Waals surface area contributed by atoms with Crippen LogP contribution >= 0.6 is 22.9 Å². The van der Waals surface area contributed by atoms with Crippen molar-refractivity contribution in [2.24, 2.45) is 0 Å². The van der Waals surface area contributed by atoms with Gasteiger partial charge in [0.2, 0.25) is 0 Å². The highest BCUT2D eigenvalue weighted by molar-refractivity contribution is 7.18. The van der Waals surface area contributed by atoms with Gasteiger partial charge >= 0.3 is 12.1 Å². The second-order valence-electron chi connectivity index (χ2n) is 8.89. The lowest BCUT2D eigenvalue weighted by Gasteiger charge is -2.16. The number of fused-ring (bicyclic) bond motifs is 2. The van der Waals surface area contributed by atoms with Crippen LogP contribution in [0.3, 0.4) is 0 Å². The number of benzene rings is 2. The Morgan fingerprint density at radius 1 is 1.17 bits per heavy atom. The first-order chi connectivity index (χ1) is 20.0. The average Bonchev–Trinajstić information content (AvgIpc) is 3.39. The van der Waals surface area contributed by atoms with Crippen molar-refractivity contribution < 1.29 is 27.8 Å². The van der Waals surface area contributed by atoms with Crippen molar-refractivity contribution in [3.63, 3.8) is 0 Å². The van der Waals surface area contributed by atoms with Gasteiger partial charge in [-0.1, -0.05) is 11.6 Å². The highest BCUT2D eigenvalue weighted by atomic mass is 35.5. The molecule has 5 rings (SSSR count). The number of alkyl halides is 3. The number of carboxylic acid groups (broad SMARTS) is 1. The highest BCUT2D eigenvalue weighted by Crippen LogP contribution is 2.40. The van der Waals surface area contributed by atoms with Crippen molar-refractivity contribution in [1.82, 2.24) is 14.5 Å². The lowest BCUT2D eigenvalue weighted by Crippen LogP contribution is -2.28. The number of carboxylic acids is 1. The highest BCUT2D eigenvalue weighted by Gasteiger charge is 2.36. The normalized spacial score (nSPS) is 11.4. The van der Waals surface area contributed by atoms with E-state index in [-0.39, 0.29) is 24.5 Å². The maximum Gasteiger partial charge on any atom is 0.417 e. The molecule has 0 aliphatic rings. The van der Waals surface area contributed by atoms with Gasteiger partial charge in [0.05, 0.1) is 49.9 Å². The summed E-state index contributed by atoms with van der Waals surface area (Å²) in [5.41, 5.74) is -2.51. The van der Waals surface area contributed by atoms with Crippen LogP contribution in [0.15, 0.2) is 46.7 Å².